The van der Waals surface area contributed by atoms with Gasteiger partial charge in [-0.25, -0.2) is 4.79 Å². The van der Waals surface area contributed by atoms with Gasteiger partial charge in [0.2, 0.25) is 18.0 Å². The Bertz CT molecular complexity index is 1150. The Labute approximate surface area is 203 Å². The molecule has 2 aromatic carbocycles. The van der Waals surface area contributed by atoms with Crippen LogP contribution in [0.2, 0.25) is 0 Å². The van der Waals surface area contributed by atoms with Gasteiger partial charge in [0, 0.05) is 18.5 Å². The average Bonchev–Trinajstić information content (AvgIpc) is 3.42. The van der Waals surface area contributed by atoms with Crippen LogP contribution >= 0.6 is 0 Å². The zero-order valence-corrected chi connectivity index (χ0v) is 20.1. The zero-order valence-electron chi connectivity index (χ0n) is 20.1. The van der Waals surface area contributed by atoms with Gasteiger partial charge < -0.3 is 29.0 Å². The summed E-state index contributed by atoms with van der Waals surface area (Å²) in [5, 5.41) is 2.90. The lowest BCUT2D eigenvalue weighted by molar-refractivity contribution is -0.145. The molecule has 2 heterocycles. The third-order valence-corrected chi connectivity index (χ3v) is 6.24. The SMILES string of the molecule is COc1ccc(CCNC(=O)[C@@H]2CCC(=O)N2C2OC(=O)c3c2ccc(OC)c3OC)cc1OC. The van der Waals surface area contributed by atoms with Gasteiger partial charge in [-0.3, -0.25) is 14.5 Å². The van der Waals surface area contributed by atoms with Gasteiger partial charge in [-0.1, -0.05) is 6.07 Å². The van der Waals surface area contributed by atoms with Gasteiger partial charge in [0.25, 0.3) is 0 Å². The van der Waals surface area contributed by atoms with E-state index in [0.29, 0.717) is 42.2 Å². The van der Waals surface area contributed by atoms with Crippen molar-refractivity contribution < 1.29 is 38.1 Å². The number of likely N-dealkylation sites (tertiary alicyclic amines) is 1. The third-order valence-electron chi connectivity index (χ3n) is 6.24. The normalized spacial score (nSPS) is 18.7. The molecule has 0 bridgehead atoms. The van der Waals surface area contributed by atoms with Crippen LogP contribution in [0, 0.1) is 0 Å². The first-order valence-electron chi connectivity index (χ1n) is 11.2. The Kier molecular flexibility index (Phi) is 6.99. The number of hydrogen-bond donors (Lipinski definition) is 1. The molecule has 0 aliphatic carbocycles. The number of fused-ring (bicyclic) bond motifs is 1. The molecular formula is C25H28N2O8. The summed E-state index contributed by atoms with van der Waals surface area (Å²) in [5.74, 6) is 0.652. The van der Waals surface area contributed by atoms with Crippen molar-refractivity contribution in [1.82, 2.24) is 10.2 Å². The number of rotatable bonds is 9. The fourth-order valence-corrected chi connectivity index (χ4v) is 4.53. The third kappa shape index (κ3) is 4.43. The highest BCUT2D eigenvalue weighted by molar-refractivity contribution is 5.99. The van der Waals surface area contributed by atoms with E-state index in [1.54, 1.807) is 26.4 Å². The molecule has 1 saturated heterocycles. The molecule has 0 saturated carbocycles. The molecular weight excluding hydrogens is 456 g/mol. The van der Waals surface area contributed by atoms with E-state index in [9.17, 15) is 14.4 Å². The van der Waals surface area contributed by atoms with Crippen molar-refractivity contribution in [2.45, 2.75) is 31.5 Å². The second-order valence-corrected chi connectivity index (χ2v) is 8.11. The van der Waals surface area contributed by atoms with E-state index in [-0.39, 0.29) is 29.5 Å². The predicted molar refractivity (Wildman–Crippen MR) is 124 cm³/mol. The lowest BCUT2D eigenvalue weighted by Crippen LogP contribution is -2.46. The van der Waals surface area contributed by atoms with Crippen molar-refractivity contribution >= 4 is 17.8 Å². The molecule has 0 aromatic heterocycles. The van der Waals surface area contributed by atoms with Crippen LogP contribution in [0.3, 0.4) is 0 Å². The number of amides is 2. The maximum atomic E-state index is 13.1. The quantitative estimate of drug-likeness (QED) is 0.540. The summed E-state index contributed by atoms with van der Waals surface area (Å²) in [6, 6.07) is 8.10. The second kappa shape index (κ2) is 10.1. The number of carbonyl (C=O) groups excluding carboxylic acids is 3. The highest BCUT2D eigenvalue weighted by Gasteiger charge is 2.47. The Morgan fingerprint density at radius 2 is 1.71 bits per heavy atom. The monoisotopic (exact) mass is 484 g/mol. The molecule has 1 fully saturated rings. The molecule has 186 valence electrons. The van der Waals surface area contributed by atoms with Gasteiger partial charge in [-0.15, -0.1) is 0 Å². The Hall–Kier alpha value is -3.95. The van der Waals surface area contributed by atoms with Crippen molar-refractivity contribution in [3.63, 3.8) is 0 Å². The molecule has 35 heavy (non-hydrogen) atoms. The van der Waals surface area contributed by atoms with Crippen LogP contribution in [0.25, 0.3) is 0 Å². The smallest absolute Gasteiger partial charge is 0.344 e. The fraction of sp³-hybridized carbons (Fsp3) is 0.400. The molecule has 2 aliphatic rings. The molecule has 2 amide bonds. The molecule has 1 unspecified atom stereocenters. The van der Waals surface area contributed by atoms with E-state index in [0.717, 1.165) is 5.56 Å². The van der Waals surface area contributed by atoms with Crippen molar-refractivity contribution in [1.29, 1.82) is 0 Å². The first-order valence-corrected chi connectivity index (χ1v) is 11.2. The standard InChI is InChI=1S/C25H28N2O8/c1-31-17-8-5-14(13-19(17)33-3)11-12-26-23(29)16-7-10-20(28)27(16)24-15-6-9-18(32-2)22(34-4)21(15)25(30)35-24/h5-6,8-9,13,16,24H,7,10-12H2,1-4H3,(H,26,29)/t16-,24?/m0/s1. The number of hydrogen-bond acceptors (Lipinski definition) is 8. The van der Waals surface area contributed by atoms with E-state index in [4.69, 9.17) is 23.7 Å². The van der Waals surface area contributed by atoms with E-state index in [2.05, 4.69) is 5.32 Å². The Morgan fingerprint density at radius 3 is 2.40 bits per heavy atom. The topological polar surface area (TPSA) is 113 Å². The highest BCUT2D eigenvalue weighted by Crippen LogP contribution is 2.45. The predicted octanol–water partition coefficient (Wildman–Crippen LogP) is 2.24. The highest BCUT2D eigenvalue weighted by atomic mass is 16.6. The number of nitrogens with one attached hydrogen (secondary N) is 1. The van der Waals surface area contributed by atoms with Crippen LogP contribution < -0.4 is 24.3 Å². The molecule has 4 rings (SSSR count). The molecule has 10 heteroatoms. The summed E-state index contributed by atoms with van der Waals surface area (Å²) in [5.41, 5.74) is 1.62. The molecule has 10 nitrogen and oxygen atoms in total. The van der Waals surface area contributed by atoms with Gasteiger partial charge in [-0.05, 0) is 42.7 Å². The van der Waals surface area contributed by atoms with Crippen LogP contribution in [-0.2, 0) is 20.7 Å². The number of cyclic esters (lactones) is 1. The minimum Gasteiger partial charge on any atom is -0.493 e. The summed E-state index contributed by atoms with van der Waals surface area (Å²) in [6.45, 7) is 0.360. The molecule has 2 aliphatic heterocycles. The maximum Gasteiger partial charge on any atom is 0.344 e. The van der Waals surface area contributed by atoms with Crippen LogP contribution in [0.15, 0.2) is 30.3 Å². The summed E-state index contributed by atoms with van der Waals surface area (Å²) < 4.78 is 26.8. The first kappa shape index (κ1) is 24.2. The molecule has 2 atom stereocenters. The minimum absolute atomic E-state index is 0.185. The fourth-order valence-electron chi connectivity index (χ4n) is 4.53. The molecule has 1 N–H and O–H groups in total. The van der Waals surface area contributed by atoms with Crippen molar-refractivity contribution in [3.8, 4) is 23.0 Å². The second-order valence-electron chi connectivity index (χ2n) is 8.11. The van der Waals surface area contributed by atoms with E-state index in [1.807, 2.05) is 18.2 Å². The van der Waals surface area contributed by atoms with Crippen LogP contribution in [0.4, 0.5) is 0 Å². The van der Waals surface area contributed by atoms with Crippen molar-refractivity contribution in [3.05, 3.63) is 47.0 Å². The Morgan fingerprint density at radius 1 is 1.00 bits per heavy atom. The van der Waals surface area contributed by atoms with Crippen LogP contribution in [0.5, 0.6) is 23.0 Å². The summed E-state index contributed by atoms with van der Waals surface area (Å²) in [6.07, 6.45) is 0.0709. The average molecular weight is 485 g/mol. The summed E-state index contributed by atoms with van der Waals surface area (Å²) >= 11 is 0. The largest absolute Gasteiger partial charge is 0.493 e. The Balaban J connectivity index is 1.48. The van der Waals surface area contributed by atoms with Gasteiger partial charge >= 0.3 is 5.97 Å². The van der Waals surface area contributed by atoms with E-state index in [1.165, 1.54) is 19.1 Å². The van der Waals surface area contributed by atoms with Gasteiger partial charge in [0.05, 0.1) is 28.4 Å². The number of methoxy groups -OCH3 is 4. The number of carbonyl (C=O) groups is 3. The van der Waals surface area contributed by atoms with E-state index >= 15 is 0 Å². The molecule has 0 spiro atoms. The van der Waals surface area contributed by atoms with Gasteiger partial charge in [0.15, 0.2) is 23.0 Å². The van der Waals surface area contributed by atoms with Gasteiger partial charge in [0.1, 0.15) is 11.6 Å². The lowest BCUT2D eigenvalue weighted by atomic mass is 10.0. The van der Waals surface area contributed by atoms with Crippen LogP contribution in [0.1, 0.15) is 40.6 Å². The summed E-state index contributed by atoms with van der Waals surface area (Å²) in [7, 11) is 6.02. The summed E-state index contributed by atoms with van der Waals surface area (Å²) in [4.78, 5) is 39.8. The maximum absolute atomic E-state index is 13.1. The van der Waals surface area contributed by atoms with Crippen LogP contribution in [-0.4, -0.2) is 63.7 Å². The van der Waals surface area contributed by atoms with E-state index < -0.39 is 18.2 Å². The lowest BCUT2D eigenvalue weighted by Gasteiger charge is -2.29. The molecule has 0 radical (unpaired) electrons. The first-order chi connectivity index (χ1) is 16.9. The van der Waals surface area contributed by atoms with Gasteiger partial charge in [-0.2, -0.15) is 0 Å². The number of benzene rings is 2. The minimum atomic E-state index is -1.01. The zero-order chi connectivity index (χ0) is 25.1. The number of esters is 1. The van der Waals surface area contributed by atoms with Crippen molar-refractivity contribution in [2.24, 2.45) is 0 Å². The number of ether oxygens (including phenoxy) is 5. The molecule has 2 aromatic rings. The van der Waals surface area contributed by atoms with Crippen molar-refractivity contribution in [2.75, 3.05) is 35.0 Å². The number of nitrogens with zero attached hydrogens (tertiary/aromatic N) is 1.